The van der Waals surface area contributed by atoms with Crippen LogP contribution in [0.4, 0.5) is 8.78 Å². The summed E-state index contributed by atoms with van der Waals surface area (Å²) in [5.74, 6) is -2.61. The third-order valence-corrected chi connectivity index (χ3v) is 4.77. The summed E-state index contributed by atoms with van der Waals surface area (Å²) in [7, 11) is 0. The van der Waals surface area contributed by atoms with Crippen molar-refractivity contribution in [3.05, 3.63) is 50.0 Å². The number of halogens is 3. The van der Waals surface area contributed by atoms with Crippen molar-refractivity contribution in [2.45, 2.75) is 25.3 Å². The third-order valence-electron chi connectivity index (χ3n) is 3.84. The lowest BCUT2D eigenvalue weighted by atomic mass is 9.95. The normalized spacial score (nSPS) is 16.8. The first-order chi connectivity index (χ1) is 10.4. The zero-order chi connectivity index (χ0) is 16.0. The smallest absolute Gasteiger partial charge is 0.309 e. The maximum Gasteiger partial charge on any atom is 0.309 e. The minimum Gasteiger partial charge on any atom is -0.481 e. The lowest BCUT2D eigenvalue weighted by Gasteiger charge is -2.13. The number of benzene rings is 1. The highest BCUT2D eigenvalue weighted by Gasteiger charge is 2.31. The maximum absolute atomic E-state index is 14.2. The lowest BCUT2D eigenvalue weighted by molar-refractivity contribution is -0.136. The number of carbonyl (C=O) groups is 1. The van der Waals surface area contributed by atoms with Gasteiger partial charge in [-0.05, 0) is 46.7 Å². The van der Waals surface area contributed by atoms with E-state index < -0.39 is 23.5 Å². The van der Waals surface area contributed by atoms with E-state index in [1.807, 2.05) is 0 Å². The summed E-state index contributed by atoms with van der Waals surface area (Å²) in [4.78, 5) is 13.8. The molecule has 0 saturated heterocycles. The number of hydrogen-bond acceptors (Lipinski definition) is 2. The Morgan fingerprint density at radius 2 is 2.23 bits per heavy atom. The van der Waals surface area contributed by atoms with Crippen LogP contribution in [-0.4, -0.2) is 20.6 Å². The Morgan fingerprint density at radius 1 is 1.50 bits per heavy atom. The zero-order valence-corrected chi connectivity index (χ0v) is 13.6. The molecule has 0 radical (unpaired) electrons. The summed E-state index contributed by atoms with van der Waals surface area (Å²) in [6.07, 6.45) is 0.155. The Bertz CT molecular complexity index is 831. The van der Waals surface area contributed by atoms with Gasteiger partial charge in [0.15, 0.2) is 4.77 Å². The number of carboxylic acids is 1. The van der Waals surface area contributed by atoms with Gasteiger partial charge in [-0.3, -0.25) is 4.79 Å². The van der Waals surface area contributed by atoms with Crippen molar-refractivity contribution in [3.8, 4) is 0 Å². The van der Waals surface area contributed by atoms with E-state index in [1.165, 1.54) is 12.1 Å². The predicted octanol–water partition coefficient (Wildman–Crippen LogP) is 3.55. The van der Waals surface area contributed by atoms with Gasteiger partial charge in [0.2, 0.25) is 0 Å². The van der Waals surface area contributed by atoms with Crippen molar-refractivity contribution in [1.29, 1.82) is 0 Å². The quantitative estimate of drug-likeness (QED) is 0.624. The third kappa shape index (κ3) is 2.50. The van der Waals surface area contributed by atoms with E-state index in [0.717, 1.165) is 0 Å². The molecule has 0 aliphatic carbocycles. The van der Waals surface area contributed by atoms with E-state index in [9.17, 15) is 13.6 Å². The number of hydrogen-bond donors (Lipinski definition) is 2. The van der Waals surface area contributed by atoms with Crippen molar-refractivity contribution >= 4 is 34.1 Å². The summed E-state index contributed by atoms with van der Waals surface area (Å²) in [5, 5.41) is 8.93. The van der Waals surface area contributed by atoms with Gasteiger partial charge in [0.05, 0.1) is 10.9 Å². The van der Waals surface area contributed by atoms with E-state index in [1.54, 1.807) is 4.57 Å². The van der Waals surface area contributed by atoms with Crippen LogP contribution in [0.25, 0.3) is 0 Å². The summed E-state index contributed by atoms with van der Waals surface area (Å²) in [6.45, 7) is 0.328. The lowest BCUT2D eigenvalue weighted by Crippen LogP contribution is -2.08. The van der Waals surface area contributed by atoms with Crippen molar-refractivity contribution in [2.24, 2.45) is 0 Å². The van der Waals surface area contributed by atoms with Crippen LogP contribution in [0.5, 0.6) is 0 Å². The average Bonchev–Trinajstić information content (AvgIpc) is 2.97. The molecule has 8 heteroatoms. The highest BCUT2D eigenvalue weighted by Crippen LogP contribution is 2.36. The van der Waals surface area contributed by atoms with Gasteiger partial charge >= 0.3 is 5.97 Å². The van der Waals surface area contributed by atoms with Crippen LogP contribution in [0.1, 0.15) is 22.9 Å². The number of fused-ring (bicyclic) bond motifs is 1. The molecule has 4 nitrogen and oxygen atoms in total. The first kappa shape index (κ1) is 15.4. The molecule has 1 atom stereocenters. The van der Waals surface area contributed by atoms with Gasteiger partial charge < -0.3 is 14.7 Å². The van der Waals surface area contributed by atoms with E-state index in [4.69, 9.17) is 17.3 Å². The fraction of sp³-hybridized carbons (Fsp3) is 0.286. The van der Waals surface area contributed by atoms with Crippen molar-refractivity contribution < 1.29 is 18.7 Å². The molecule has 0 fully saturated rings. The highest BCUT2D eigenvalue weighted by molar-refractivity contribution is 9.10. The molecular weight excluding hydrogens is 378 g/mol. The molecule has 1 aromatic carbocycles. The number of aromatic amines is 1. The summed E-state index contributed by atoms with van der Waals surface area (Å²) >= 11 is 8.23. The zero-order valence-electron chi connectivity index (χ0n) is 11.2. The Kier molecular flexibility index (Phi) is 3.90. The topological polar surface area (TPSA) is 58.0 Å². The molecule has 0 bridgehead atoms. The Morgan fingerprint density at radius 3 is 2.91 bits per heavy atom. The number of nitrogens with zero attached hydrogens (tertiary/aromatic N) is 1. The number of imidazole rings is 1. The van der Waals surface area contributed by atoms with E-state index in [0.29, 0.717) is 29.1 Å². The number of carboxylic acid groups (broad SMARTS) is 1. The van der Waals surface area contributed by atoms with E-state index in [-0.39, 0.29) is 16.5 Å². The summed E-state index contributed by atoms with van der Waals surface area (Å²) < 4.78 is 30.6. The first-order valence-electron chi connectivity index (χ1n) is 6.54. The van der Waals surface area contributed by atoms with Crippen molar-refractivity contribution in [2.75, 3.05) is 0 Å². The summed E-state index contributed by atoms with van der Waals surface area (Å²) in [6, 6.07) is 2.54. The largest absolute Gasteiger partial charge is 0.481 e. The molecule has 1 aromatic heterocycles. The van der Waals surface area contributed by atoms with Gasteiger partial charge in [0.1, 0.15) is 11.6 Å². The monoisotopic (exact) mass is 388 g/mol. The number of aliphatic carboxylic acids is 1. The van der Waals surface area contributed by atoms with E-state index in [2.05, 4.69) is 20.9 Å². The Hall–Kier alpha value is -1.54. The number of H-pyrrole nitrogens is 1. The van der Waals surface area contributed by atoms with Gasteiger partial charge in [-0.25, -0.2) is 8.78 Å². The molecule has 1 aliphatic heterocycles. The van der Waals surface area contributed by atoms with Gasteiger partial charge in [-0.2, -0.15) is 0 Å². The van der Waals surface area contributed by atoms with Crippen LogP contribution in [0.15, 0.2) is 16.6 Å². The molecule has 3 rings (SSSR count). The molecule has 0 unspecified atom stereocenters. The van der Waals surface area contributed by atoms with Crippen molar-refractivity contribution in [3.63, 3.8) is 0 Å². The van der Waals surface area contributed by atoms with Crippen LogP contribution in [0.2, 0.25) is 0 Å². The second-order valence-corrected chi connectivity index (χ2v) is 6.44. The van der Waals surface area contributed by atoms with Crippen LogP contribution in [0, 0.1) is 16.4 Å². The molecule has 0 amide bonds. The first-order valence-corrected chi connectivity index (χ1v) is 7.74. The van der Waals surface area contributed by atoms with E-state index >= 15 is 0 Å². The van der Waals surface area contributed by atoms with Crippen LogP contribution >= 0.6 is 28.1 Å². The molecule has 0 spiro atoms. The molecule has 2 N–H and O–H groups in total. The molecule has 2 heterocycles. The van der Waals surface area contributed by atoms with Gasteiger partial charge in [0.25, 0.3) is 0 Å². The second kappa shape index (κ2) is 5.58. The minimum atomic E-state index is -0.983. The Labute approximate surface area is 137 Å². The number of nitrogens with one attached hydrogen (secondary N) is 1. The van der Waals surface area contributed by atoms with Crippen LogP contribution < -0.4 is 0 Å². The molecule has 22 heavy (non-hydrogen) atoms. The second-order valence-electron chi connectivity index (χ2n) is 5.19. The maximum atomic E-state index is 14.2. The molecule has 2 aromatic rings. The van der Waals surface area contributed by atoms with Crippen molar-refractivity contribution in [1.82, 2.24) is 9.55 Å². The van der Waals surface area contributed by atoms with Gasteiger partial charge in [-0.1, -0.05) is 0 Å². The standard InChI is InChI=1S/C14H11BrF2N2O2S/c15-7-1-2-8(16)12(13(7)17)6-3-10-9(4-11(20)21)18-14(22)19(10)5-6/h1-2,6H,3-5H2,(H,18,22)(H,20,21)/t6-/m0/s1. The molecule has 0 saturated carbocycles. The molecule has 116 valence electrons. The Balaban J connectivity index is 2.01. The predicted molar refractivity (Wildman–Crippen MR) is 81.5 cm³/mol. The SMILES string of the molecule is O=C(O)Cc1[nH]c(=S)n2c1C[C@H](c1c(F)ccc(Br)c1F)C2. The van der Waals surface area contributed by atoms with Crippen LogP contribution in [0.3, 0.4) is 0 Å². The number of rotatable bonds is 3. The molecular formula is C14H11BrF2N2O2S. The fourth-order valence-corrected chi connectivity index (χ4v) is 3.56. The molecule has 1 aliphatic rings. The van der Waals surface area contributed by atoms with Crippen LogP contribution in [-0.2, 0) is 24.2 Å². The highest BCUT2D eigenvalue weighted by atomic mass is 79.9. The summed E-state index contributed by atoms with van der Waals surface area (Å²) in [5.41, 5.74) is 1.21. The van der Waals surface area contributed by atoms with Gasteiger partial charge in [0, 0.05) is 29.4 Å². The van der Waals surface area contributed by atoms with Gasteiger partial charge in [-0.15, -0.1) is 0 Å². The fourth-order valence-electron chi connectivity index (χ4n) is 2.91. The average molecular weight is 389 g/mol. The minimum absolute atomic E-state index is 0.00810. The number of aromatic nitrogens is 2.